The number of carbonyl (C=O) groups excluding carboxylic acids is 1. The molecule has 1 heterocycles. The number of carbonyl (C=O) groups is 1. The van der Waals surface area contributed by atoms with Gasteiger partial charge in [0.25, 0.3) is 5.91 Å². The molecule has 8 heteroatoms. The highest BCUT2D eigenvalue weighted by Crippen LogP contribution is 2.26. The Balaban J connectivity index is 1.80. The quantitative estimate of drug-likeness (QED) is 0.695. The maximum Gasteiger partial charge on any atom is 0.252 e. The molecule has 0 unspecified atom stereocenters. The van der Waals surface area contributed by atoms with Crippen LogP contribution >= 0.6 is 11.6 Å². The van der Waals surface area contributed by atoms with Crippen LogP contribution in [0, 0.1) is 0 Å². The number of piperidine rings is 1. The van der Waals surface area contributed by atoms with Gasteiger partial charge in [0.2, 0.25) is 0 Å². The second kappa shape index (κ2) is 9.81. The fourth-order valence-electron chi connectivity index (χ4n) is 3.71. The summed E-state index contributed by atoms with van der Waals surface area (Å²) in [6.07, 6.45) is 4.58. The minimum atomic E-state index is -3.43. The number of hydrogen-bond acceptors (Lipinski definition) is 5. The van der Waals surface area contributed by atoms with E-state index < -0.39 is 9.84 Å². The van der Waals surface area contributed by atoms with E-state index in [9.17, 15) is 13.2 Å². The third-order valence-electron chi connectivity index (χ3n) is 5.40. The van der Waals surface area contributed by atoms with Crippen molar-refractivity contribution in [3.8, 4) is 5.75 Å². The van der Waals surface area contributed by atoms with Crippen LogP contribution < -0.4 is 10.1 Å². The molecule has 0 radical (unpaired) electrons. The van der Waals surface area contributed by atoms with Gasteiger partial charge in [0.05, 0.1) is 28.6 Å². The molecule has 1 N–H and O–H groups in total. The maximum atomic E-state index is 12.8. The largest absolute Gasteiger partial charge is 0.497 e. The normalized spacial score (nSPS) is 16.1. The first-order valence-corrected chi connectivity index (χ1v) is 12.2. The van der Waals surface area contributed by atoms with E-state index in [0.29, 0.717) is 6.54 Å². The number of amides is 1. The lowest BCUT2D eigenvalue weighted by atomic mass is 10.0. The molecule has 1 saturated heterocycles. The van der Waals surface area contributed by atoms with E-state index in [1.807, 2.05) is 24.3 Å². The molecule has 30 heavy (non-hydrogen) atoms. The third-order valence-corrected chi connectivity index (χ3v) is 6.84. The number of sulfone groups is 1. The number of methoxy groups -OCH3 is 1. The average Bonchev–Trinajstić information content (AvgIpc) is 2.74. The van der Waals surface area contributed by atoms with Crippen LogP contribution in [0.4, 0.5) is 0 Å². The highest BCUT2D eigenvalue weighted by Gasteiger charge is 2.24. The van der Waals surface area contributed by atoms with E-state index in [4.69, 9.17) is 16.3 Å². The van der Waals surface area contributed by atoms with Gasteiger partial charge in [0.1, 0.15) is 5.75 Å². The fraction of sp³-hybridized carbons (Fsp3) is 0.409. The van der Waals surface area contributed by atoms with Crippen molar-refractivity contribution in [1.82, 2.24) is 10.2 Å². The standard InChI is InChI=1S/C22H27ClN2O4S/c1-29-17-8-6-16(7-9-17)21(25-12-4-3-5-13-25)15-24-22(26)19-14-18(30(2,27)28)10-11-20(19)23/h6-11,14,21H,3-5,12-13,15H2,1-2H3,(H,24,26)/t21-/m1/s1. The Morgan fingerprint density at radius 3 is 2.40 bits per heavy atom. The van der Waals surface area contributed by atoms with Crippen LogP contribution in [0.25, 0.3) is 0 Å². The third kappa shape index (κ3) is 5.53. The molecular formula is C22H27ClN2O4S. The van der Waals surface area contributed by atoms with Crippen molar-refractivity contribution < 1.29 is 17.9 Å². The van der Waals surface area contributed by atoms with Crippen LogP contribution in [0.1, 0.15) is 41.2 Å². The molecular weight excluding hydrogens is 424 g/mol. The van der Waals surface area contributed by atoms with Crippen LogP contribution in [0.15, 0.2) is 47.4 Å². The summed E-state index contributed by atoms with van der Waals surface area (Å²) in [6.45, 7) is 2.33. The molecule has 1 atom stereocenters. The van der Waals surface area contributed by atoms with Crippen molar-refractivity contribution in [2.75, 3.05) is 33.0 Å². The molecule has 1 fully saturated rings. The molecule has 0 aromatic heterocycles. The lowest BCUT2D eigenvalue weighted by molar-refractivity contribution is 0.0924. The topological polar surface area (TPSA) is 75.7 Å². The first-order valence-electron chi connectivity index (χ1n) is 9.95. The Bertz CT molecular complexity index is 987. The monoisotopic (exact) mass is 450 g/mol. The van der Waals surface area contributed by atoms with Crippen molar-refractivity contribution in [1.29, 1.82) is 0 Å². The molecule has 1 amide bonds. The van der Waals surface area contributed by atoms with Crippen molar-refractivity contribution in [2.24, 2.45) is 0 Å². The highest BCUT2D eigenvalue weighted by molar-refractivity contribution is 7.90. The smallest absolute Gasteiger partial charge is 0.252 e. The summed E-state index contributed by atoms with van der Waals surface area (Å²) in [5.74, 6) is 0.394. The summed E-state index contributed by atoms with van der Waals surface area (Å²) in [5.41, 5.74) is 1.25. The van der Waals surface area contributed by atoms with E-state index in [1.165, 1.54) is 24.6 Å². The van der Waals surface area contributed by atoms with Gasteiger partial charge >= 0.3 is 0 Å². The van der Waals surface area contributed by atoms with Crippen molar-refractivity contribution >= 4 is 27.3 Å². The second-order valence-electron chi connectivity index (χ2n) is 7.51. The molecule has 0 spiro atoms. The van der Waals surface area contributed by atoms with E-state index in [1.54, 1.807) is 7.11 Å². The summed E-state index contributed by atoms with van der Waals surface area (Å²) in [6, 6.07) is 12.1. The zero-order valence-corrected chi connectivity index (χ0v) is 18.8. The highest BCUT2D eigenvalue weighted by atomic mass is 35.5. The van der Waals surface area contributed by atoms with E-state index in [2.05, 4.69) is 10.2 Å². The molecule has 1 aliphatic rings. The van der Waals surface area contributed by atoms with Gasteiger partial charge in [-0.15, -0.1) is 0 Å². The van der Waals surface area contributed by atoms with Gasteiger partial charge < -0.3 is 10.1 Å². The Labute approximate surface area is 183 Å². The molecule has 3 rings (SSSR count). The summed E-state index contributed by atoms with van der Waals surface area (Å²) >= 11 is 6.18. The molecule has 2 aromatic rings. The van der Waals surface area contributed by atoms with E-state index in [-0.39, 0.29) is 27.4 Å². The first-order chi connectivity index (χ1) is 14.3. The number of nitrogens with one attached hydrogen (secondary N) is 1. The van der Waals surface area contributed by atoms with Gasteiger partial charge in [-0.3, -0.25) is 9.69 Å². The summed E-state index contributed by atoms with van der Waals surface area (Å²) in [7, 11) is -1.80. The molecule has 0 bridgehead atoms. The SMILES string of the molecule is COc1ccc([C@@H](CNC(=O)c2cc(S(C)(=O)=O)ccc2Cl)N2CCCCC2)cc1. The number of hydrogen-bond donors (Lipinski definition) is 1. The predicted octanol–water partition coefficient (Wildman–Crippen LogP) is 3.71. The number of rotatable bonds is 7. The summed E-state index contributed by atoms with van der Waals surface area (Å²) in [5, 5.41) is 3.17. The zero-order valence-electron chi connectivity index (χ0n) is 17.2. The second-order valence-corrected chi connectivity index (χ2v) is 9.93. The molecule has 0 aliphatic carbocycles. The minimum Gasteiger partial charge on any atom is -0.497 e. The Morgan fingerprint density at radius 1 is 1.13 bits per heavy atom. The Kier molecular flexibility index (Phi) is 7.39. The lowest BCUT2D eigenvalue weighted by Gasteiger charge is -2.35. The first kappa shape index (κ1) is 22.6. The Morgan fingerprint density at radius 2 is 1.80 bits per heavy atom. The van der Waals surface area contributed by atoms with Crippen LogP contribution in [-0.2, 0) is 9.84 Å². The van der Waals surface area contributed by atoms with Crippen LogP contribution in [-0.4, -0.2) is 52.2 Å². The summed E-state index contributed by atoms with van der Waals surface area (Å²) < 4.78 is 28.9. The zero-order chi connectivity index (χ0) is 21.7. The van der Waals surface area contributed by atoms with Gasteiger partial charge in [-0.1, -0.05) is 30.2 Å². The number of halogens is 1. The average molecular weight is 451 g/mol. The van der Waals surface area contributed by atoms with Gasteiger partial charge in [0, 0.05) is 12.8 Å². The predicted molar refractivity (Wildman–Crippen MR) is 118 cm³/mol. The fourth-order valence-corrected chi connectivity index (χ4v) is 4.56. The van der Waals surface area contributed by atoms with Crippen LogP contribution in [0.3, 0.4) is 0 Å². The van der Waals surface area contributed by atoms with Crippen LogP contribution in [0.2, 0.25) is 5.02 Å². The van der Waals surface area contributed by atoms with Crippen molar-refractivity contribution in [3.05, 3.63) is 58.6 Å². The number of ether oxygens (including phenoxy) is 1. The number of nitrogens with zero attached hydrogens (tertiary/aromatic N) is 1. The minimum absolute atomic E-state index is 0.0111. The van der Waals surface area contributed by atoms with Gasteiger partial charge in [0.15, 0.2) is 9.84 Å². The van der Waals surface area contributed by atoms with Gasteiger partial charge in [-0.25, -0.2) is 8.42 Å². The molecule has 2 aromatic carbocycles. The Hall–Kier alpha value is -2.09. The lowest BCUT2D eigenvalue weighted by Crippen LogP contribution is -2.40. The summed E-state index contributed by atoms with van der Waals surface area (Å²) in [4.78, 5) is 15.3. The van der Waals surface area contributed by atoms with Gasteiger partial charge in [-0.2, -0.15) is 0 Å². The molecule has 0 saturated carbocycles. The van der Waals surface area contributed by atoms with E-state index in [0.717, 1.165) is 43.5 Å². The van der Waals surface area contributed by atoms with E-state index >= 15 is 0 Å². The van der Waals surface area contributed by atoms with Crippen LogP contribution in [0.5, 0.6) is 5.75 Å². The van der Waals surface area contributed by atoms with Crippen molar-refractivity contribution in [2.45, 2.75) is 30.2 Å². The maximum absolute atomic E-state index is 12.8. The number of benzene rings is 2. The van der Waals surface area contributed by atoms with Gasteiger partial charge in [-0.05, 0) is 61.8 Å². The van der Waals surface area contributed by atoms with Crippen molar-refractivity contribution in [3.63, 3.8) is 0 Å². The molecule has 6 nitrogen and oxygen atoms in total. The molecule has 162 valence electrons. The number of likely N-dealkylation sites (tertiary alicyclic amines) is 1. The molecule has 1 aliphatic heterocycles.